The molecule has 35 heavy (non-hydrogen) atoms. The Morgan fingerprint density at radius 3 is 2.17 bits per heavy atom. The summed E-state index contributed by atoms with van der Waals surface area (Å²) in [6.07, 6.45) is 0.0536. The number of aliphatic carboxylic acids is 1. The van der Waals surface area contributed by atoms with Crippen LogP contribution in [0.1, 0.15) is 50.2 Å². The molecule has 4 rings (SSSR count). The Morgan fingerprint density at radius 2 is 1.60 bits per heavy atom. The molecule has 0 radical (unpaired) electrons. The molecular weight excluding hydrogens is 448 g/mol. The fourth-order valence-electron chi connectivity index (χ4n) is 5.00. The highest BCUT2D eigenvalue weighted by atomic mass is 16.5. The summed E-state index contributed by atoms with van der Waals surface area (Å²) in [6, 6.07) is 16.2. The number of nitrogens with one attached hydrogen (secondary N) is 2. The summed E-state index contributed by atoms with van der Waals surface area (Å²) in [5.41, 5.74) is 2.75. The van der Waals surface area contributed by atoms with Gasteiger partial charge in [-0.05, 0) is 48.9 Å². The van der Waals surface area contributed by atoms with Crippen molar-refractivity contribution >= 4 is 18.0 Å². The van der Waals surface area contributed by atoms with Crippen LogP contribution in [-0.2, 0) is 19.1 Å². The molecule has 1 heterocycles. The van der Waals surface area contributed by atoms with Crippen LogP contribution in [0, 0.1) is 5.41 Å². The summed E-state index contributed by atoms with van der Waals surface area (Å²) in [7, 11) is 0. The first-order valence-corrected chi connectivity index (χ1v) is 11.9. The number of ether oxygens (including phenoxy) is 2. The second-order valence-corrected chi connectivity index (χ2v) is 9.98. The molecule has 0 bridgehead atoms. The number of carbonyl (C=O) groups is 3. The first-order valence-electron chi connectivity index (χ1n) is 11.9. The summed E-state index contributed by atoms with van der Waals surface area (Å²) in [4.78, 5) is 37.1. The molecule has 0 atom stereocenters. The predicted molar refractivity (Wildman–Crippen MR) is 130 cm³/mol. The Hall–Kier alpha value is -3.39. The van der Waals surface area contributed by atoms with Crippen LogP contribution in [0.25, 0.3) is 11.1 Å². The third kappa shape index (κ3) is 5.48. The minimum Gasteiger partial charge on any atom is -0.481 e. The molecule has 1 fully saturated rings. The number of hydrogen-bond acceptors (Lipinski definition) is 5. The number of carboxylic acids is 1. The van der Waals surface area contributed by atoms with Crippen molar-refractivity contribution in [3.63, 3.8) is 0 Å². The van der Waals surface area contributed by atoms with Gasteiger partial charge in [-0.15, -0.1) is 0 Å². The maximum Gasteiger partial charge on any atom is 0.407 e. The standard InChI is InChI=1S/C27H32N2O6/c1-26(2,15-23(30)31)29-24(32)27(11-13-34-14-12-27)17-28-25(33)35-16-22-20-9-5-3-7-18(20)19-8-4-6-10-21(19)22/h3-10,22H,11-17H2,1-2H3,(H,28,33)(H,29,32)(H,30,31). The van der Waals surface area contributed by atoms with E-state index in [4.69, 9.17) is 14.6 Å². The van der Waals surface area contributed by atoms with Crippen LogP contribution < -0.4 is 10.6 Å². The van der Waals surface area contributed by atoms with Crippen molar-refractivity contribution in [3.8, 4) is 11.1 Å². The molecule has 2 aromatic carbocycles. The maximum atomic E-state index is 13.2. The lowest BCUT2D eigenvalue weighted by Crippen LogP contribution is -2.56. The van der Waals surface area contributed by atoms with Gasteiger partial charge in [0.05, 0.1) is 11.8 Å². The summed E-state index contributed by atoms with van der Waals surface area (Å²) in [5, 5.41) is 14.8. The molecule has 2 aromatic rings. The lowest BCUT2D eigenvalue weighted by Gasteiger charge is -2.38. The molecule has 8 nitrogen and oxygen atoms in total. The van der Waals surface area contributed by atoms with Gasteiger partial charge in [-0.25, -0.2) is 4.79 Å². The normalized spacial score (nSPS) is 16.6. The van der Waals surface area contributed by atoms with Crippen LogP contribution in [0.3, 0.4) is 0 Å². The van der Waals surface area contributed by atoms with E-state index in [1.54, 1.807) is 13.8 Å². The second-order valence-electron chi connectivity index (χ2n) is 9.98. The zero-order valence-electron chi connectivity index (χ0n) is 20.1. The van der Waals surface area contributed by atoms with Gasteiger partial charge in [0, 0.05) is 31.2 Å². The van der Waals surface area contributed by atoms with Gasteiger partial charge in [0.2, 0.25) is 5.91 Å². The van der Waals surface area contributed by atoms with E-state index in [2.05, 4.69) is 34.9 Å². The van der Waals surface area contributed by atoms with Crippen LogP contribution in [0.15, 0.2) is 48.5 Å². The predicted octanol–water partition coefficient (Wildman–Crippen LogP) is 3.69. The van der Waals surface area contributed by atoms with Gasteiger partial charge in [-0.1, -0.05) is 48.5 Å². The number of carboxylic acid groups (broad SMARTS) is 1. The van der Waals surface area contributed by atoms with Gasteiger partial charge in [0.15, 0.2) is 0 Å². The average Bonchev–Trinajstić information content (AvgIpc) is 3.14. The number of carbonyl (C=O) groups excluding carboxylic acids is 2. The zero-order valence-corrected chi connectivity index (χ0v) is 20.1. The topological polar surface area (TPSA) is 114 Å². The first kappa shape index (κ1) is 24.7. The minimum atomic E-state index is -0.993. The van der Waals surface area contributed by atoms with Crippen molar-refractivity contribution in [1.82, 2.24) is 10.6 Å². The van der Waals surface area contributed by atoms with E-state index < -0.39 is 23.0 Å². The van der Waals surface area contributed by atoms with E-state index >= 15 is 0 Å². The van der Waals surface area contributed by atoms with Crippen molar-refractivity contribution in [3.05, 3.63) is 59.7 Å². The molecule has 186 valence electrons. The smallest absolute Gasteiger partial charge is 0.407 e. The highest BCUT2D eigenvalue weighted by Gasteiger charge is 2.42. The van der Waals surface area contributed by atoms with E-state index in [9.17, 15) is 14.4 Å². The van der Waals surface area contributed by atoms with Crippen LogP contribution in [-0.4, -0.2) is 55.0 Å². The van der Waals surface area contributed by atoms with Gasteiger partial charge >= 0.3 is 12.1 Å². The van der Waals surface area contributed by atoms with Crippen LogP contribution in [0.4, 0.5) is 4.79 Å². The Morgan fingerprint density at radius 1 is 1.03 bits per heavy atom. The average molecular weight is 481 g/mol. The summed E-state index contributed by atoms with van der Waals surface area (Å²) in [6.45, 7) is 4.39. The van der Waals surface area contributed by atoms with Gasteiger partial charge in [0.1, 0.15) is 6.61 Å². The van der Waals surface area contributed by atoms with Crippen LogP contribution in [0.2, 0.25) is 0 Å². The lowest BCUT2D eigenvalue weighted by atomic mass is 9.78. The quantitative estimate of drug-likeness (QED) is 0.531. The van der Waals surface area contributed by atoms with E-state index in [-0.39, 0.29) is 31.4 Å². The molecule has 1 aliphatic heterocycles. The molecule has 0 aromatic heterocycles. The first-order chi connectivity index (χ1) is 16.7. The highest BCUT2D eigenvalue weighted by molar-refractivity contribution is 5.85. The van der Waals surface area contributed by atoms with Crippen molar-refractivity contribution in [1.29, 1.82) is 0 Å². The number of amides is 2. The van der Waals surface area contributed by atoms with Gasteiger partial charge < -0.3 is 25.2 Å². The number of fused-ring (bicyclic) bond motifs is 3. The molecule has 0 spiro atoms. The monoisotopic (exact) mass is 480 g/mol. The molecule has 1 saturated heterocycles. The fourth-order valence-corrected chi connectivity index (χ4v) is 5.00. The van der Waals surface area contributed by atoms with E-state index in [0.29, 0.717) is 26.1 Å². The number of alkyl carbamates (subject to hydrolysis) is 1. The summed E-state index contributed by atoms with van der Waals surface area (Å²) in [5.74, 6) is -1.33. The Labute approximate surface area is 205 Å². The molecule has 0 saturated carbocycles. The highest BCUT2D eigenvalue weighted by Crippen LogP contribution is 2.44. The molecule has 8 heteroatoms. The second kappa shape index (κ2) is 10.1. The molecule has 3 N–H and O–H groups in total. The van der Waals surface area contributed by atoms with Crippen molar-refractivity contribution in [2.75, 3.05) is 26.4 Å². The summed E-state index contributed by atoms with van der Waals surface area (Å²) >= 11 is 0. The number of rotatable bonds is 8. The third-order valence-corrected chi connectivity index (χ3v) is 6.89. The SMILES string of the molecule is CC(C)(CC(=O)O)NC(=O)C1(CNC(=O)OCC2c3ccccc3-c3ccccc32)CCOCC1. The molecular formula is C27H32N2O6. The molecule has 2 amide bonds. The van der Waals surface area contributed by atoms with E-state index in [0.717, 1.165) is 22.3 Å². The Bertz CT molecular complexity index is 1060. The van der Waals surface area contributed by atoms with Gasteiger partial charge in [0.25, 0.3) is 0 Å². The largest absolute Gasteiger partial charge is 0.481 e. The molecule has 2 aliphatic rings. The molecule has 1 aliphatic carbocycles. The van der Waals surface area contributed by atoms with Crippen molar-refractivity contribution < 1.29 is 29.0 Å². The van der Waals surface area contributed by atoms with Gasteiger partial charge in [-0.3, -0.25) is 9.59 Å². The zero-order chi connectivity index (χ0) is 25.1. The minimum absolute atomic E-state index is 0.0506. The number of hydrogen-bond donors (Lipinski definition) is 3. The summed E-state index contributed by atoms with van der Waals surface area (Å²) < 4.78 is 11.1. The van der Waals surface area contributed by atoms with Crippen molar-refractivity contribution in [2.24, 2.45) is 5.41 Å². The van der Waals surface area contributed by atoms with Crippen LogP contribution >= 0.6 is 0 Å². The van der Waals surface area contributed by atoms with Gasteiger partial charge in [-0.2, -0.15) is 0 Å². The van der Waals surface area contributed by atoms with E-state index in [1.165, 1.54) is 0 Å². The Kier molecular flexibility index (Phi) is 7.12. The lowest BCUT2D eigenvalue weighted by molar-refractivity contribution is -0.141. The fraction of sp³-hybridized carbons (Fsp3) is 0.444. The maximum absolute atomic E-state index is 13.2. The van der Waals surface area contributed by atoms with Crippen LogP contribution in [0.5, 0.6) is 0 Å². The van der Waals surface area contributed by atoms with Crippen molar-refractivity contribution in [2.45, 2.75) is 44.6 Å². The third-order valence-electron chi connectivity index (χ3n) is 6.89. The molecule has 0 unspecified atom stereocenters. The van der Waals surface area contributed by atoms with E-state index in [1.807, 2.05) is 24.3 Å². The number of benzene rings is 2. The Balaban J connectivity index is 1.39.